The van der Waals surface area contributed by atoms with Crippen LogP contribution in [-0.2, 0) is 4.74 Å². The van der Waals surface area contributed by atoms with E-state index in [1.165, 1.54) is 12.4 Å². The molecule has 2 aromatic rings. The number of carbonyl (C=O) groups is 2. The highest BCUT2D eigenvalue weighted by Gasteiger charge is 2.07. The molecule has 6 heteroatoms. The average Bonchev–Trinajstić information content (AvgIpc) is 2.52. The Balaban J connectivity index is 1.73. The zero-order valence-electron chi connectivity index (χ0n) is 11.1. The van der Waals surface area contributed by atoms with Gasteiger partial charge in [-0.25, -0.2) is 4.79 Å². The van der Waals surface area contributed by atoms with Crippen LogP contribution in [0, 0.1) is 0 Å². The van der Waals surface area contributed by atoms with Crippen molar-refractivity contribution in [3.8, 4) is 0 Å². The van der Waals surface area contributed by atoms with Crippen LogP contribution >= 0.6 is 11.6 Å². The summed E-state index contributed by atoms with van der Waals surface area (Å²) in [4.78, 5) is 27.2. The maximum atomic E-state index is 11.7. The number of rotatable bonds is 5. The fourth-order valence-corrected chi connectivity index (χ4v) is 1.71. The van der Waals surface area contributed by atoms with Crippen LogP contribution in [0.15, 0.2) is 48.8 Å². The number of halogens is 1. The standard InChI is InChI=1S/C15H13ClN2O3/c16-13-3-1-12(2-4-13)15(20)21-10-9-18-14(19)11-5-7-17-8-6-11/h1-8H,9-10H2,(H,18,19). The summed E-state index contributed by atoms with van der Waals surface area (Å²) >= 11 is 5.73. The molecule has 1 N–H and O–H groups in total. The zero-order valence-corrected chi connectivity index (χ0v) is 11.8. The van der Waals surface area contributed by atoms with E-state index in [4.69, 9.17) is 16.3 Å². The van der Waals surface area contributed by atoms with Crippen molar-refractivity contribution in [3.05, 3.63) is 64.9 Å². The maximum absolute atomic E-state index is 11.7. The Labute approximate surface area is 126 Å². The lowest BCUT2D eigenvalue weighted by Crippen LogP contribution is -2.28. The lowest BCUT2D eigenvalue weighted by atomic mass is 10.2. The molecule has 0 aliphatic rings. The normalized spacial score (nSPS) is 9.95. The number of pyridine rings is 1. The van der Waals surface area contributed by atoms with E-state index in [0.29, 0.717) is 16.1 Å². The molecule has 0 atom stereocenters. The minimum atomic E-state index is -0.454. The van der Waals surface area contributed by atoms with E-state index in [2.05, 4.69) is 10.3 Å². The second-order valence-electron chi connectivity index (χ2n) is 4.13. The fourth-order valence-electron chi connectivity index (χ4n) is 1.58. The Morgan fingerprint density at radius 1 is 1.05 bits per heavy atom. The molecule has 0 unspecified atom stereocenters. The van der Waals surface area contributed by atoms with Gasteiger partial charge in [0.15, 0.2) is 0 Å². The summed E-state index contributed by atoms with van der Waals surface area (Å²) in [7, 11) is 0. The van der Waals surface area contributed by atoms with E-state index >= 15 is 0 Å². The predicted octanol–water partition coefficient (Wildman–Crippen LogP) is 2.32. The van der Waals surface area contributed by atoms with Gasteiger partial charge in [-0.05, 0) is 36.4 Å². The fraction of sp³-hybridized carbons (Fsp3) is 0.133. The first-order valence-electron chi connectivity index (χ1n) is 6.28. The van der Waals surface area contributed by atoms with Gasteiger partial charge in [-0.3, -0.25) is 9.78 Å². The van der Waals surface area contributed by atoms with Crippen molar-refractivity contribution in [1.82, 2.24) is 10.3 Å². The number of amides is 1. The van der Waals surface area contributed by atoms with Gasteiger partial charge in [-0.1, -0.05) is 11.6 Å². The molecule has 0 aliphatic carbocycles. The van der Waals surface area contributed by atoms with Gasteiger partial charge in [0.05, 0.1) is 12.1 Å². The second kappa shape index (κ2) is 7.40. The number of carbonyl (C=O) groups excluding carboxylic acids is 2. The zero-order chi connectivity index (χ0) is 15.1. The molecule has 5 nitrogen and oxygen atoms in total. The molecule has 0 saturated heterocycles. The second-order valence-corrected chi connectivity index (χ2v) is 4.57. The highest BCUT2D eigenvalue weighted by atomic mass is 35.5. The van der Waals surface area contributed by atoms with Crippen LogP contribution in [-0.4, -0.2) is 30.0 Å². The summed E-state index contributed by atoms with van der Waals surface area (Å²) in [5.74, 6) is -0.690. The van der Waals surface area contributed by atoms with Crippen LogP contribution in [0.4, 0.5) is 0 Å². The van der Waals surface area contributed by atoms with Crippen LogP contribution in [0.1, 0.15) is 20.7 Å². The molecule has 0 fully saturated rings. The minimum absolute atomic E-state index is 0.0955. The van der Waals surface area contributed by atoms with Crippen molar-refractivity contribution in [1.29, 1.82) is 0 Å². The van der Waals surface area contributed by atoms with Gasteiger partial charge in [0.2, 0.25) is 0 Å². The molecule has 108 valence electrons. The SMILES string of the molecule is O=C(NCCOC(=O)c1ccc(Cl)cc1)c1ccncc1. The molecule has 0 aliphatic heterocycles. The Bertz CT molecular complexity index is 615. The molecule has 1 aromatic heterocycles. The van der Waals surface area contributed by atoms with E-state index in [1.807, 2.05) is 0 Å². The van der Waals surface area contributed by atoms with Gasteiger partial charge >= 0.3 is 5.97 Å². The Morgan fingerprint density at radius 2 is 1.71 bits per heavy atom. The highest BCUT2D eigenvalue weighted by Crippen LogP contribution is 2.10. The molecular weight excluding hydrogens is 292 g/mol. The number of nitrogens with zero attached hydrogens (tertiary/aromatic N) is 1. The van der Waals surface area contributed by atoms with Crippen molar-refractivity contribution in [2.24, 2.45) is 0 Å². The number of benzene rings is 1. The first kappa shape index (κ1) is 15.0. The van der Waals surface area contributed by atoms with Gasteiger partial charge in [-0.15, -0.1) is 0 Å². The van der Waals surface area contributed by atoms with Crippen LogP contribution in [0.25, 0.3) is 0 Å². The molecule has 21 heavy (non-hydrogen) atoms. The number of nitrogens with one attached hydrogen (secondary N) is 1. The molecular formula is C15H13ClN2O3. The Kier molecular flexibility index (Phi) is 5.29. The number of hydrogen-bond donors (Lipinski definition) is 1. The summed E-state index contributed by atoms with van der Waals surface area (Å²) in [6.07, 6.45) is 3.07. The number of ether oxygens (including phenoxy) is 1. The quantitative estimate of drug-likeness (QED) is 0.680. The largest absolute Gasteiger partial charge is 0.460 e. The van der Waals surface area contributed by atoms with Crippen LogP contribution in [0.3, 0.4) is 0 Å². The average molecular weight is 305 g/mol. The van der Waals surface area contributed by atoms with Gasteiger partial charge in [0, 0.05) is 23.0 Å². The van der Waals surface area contributed by atoms with Crippen molar-refractivity contribution in [2.45, 2.75) is 0 Å². The monoisotopic (exact) mass is 304 g/mol. The van der Waals surface area contributed by atoms with E-state index in [1.54, 1.807) is 36.4 Å². The Hall–Kier alpha value is -2.40. The molecule has 1 heterocycles. The minimum Gasteiger partial charge on any atom is -0.460 e. The van der Waals surface area contributed by atoms with Gasteiger partial charge in [-0.2, -0.15) is 0 Å². The van der Waals surface area contributed by atoms with E-state index in [-0.39, 0.29) is 19.1 Å². The number of esters is 1. The molecule has 0 spiro atoms. The third-order valence-corrected chi connectivity index (χ3v) is 2.90. The van der Waals surface area contributed by atoms with Crippen LogP contribution in [0.2, 0.25) is 5.02 Å². The maximum Gasteiger partial charge on any atom is 0.338 e. The molecule has 2 rings (SSSR count). The number of aromatic nitrogens is 1. The van der Waals surface area contributed by atoms with Crippen LogP contribution in [0.5, 0.6) is 0 Å². The van der Waals surface area contributed by atoms with E-state index in [0.717, 1.165) is 0 Å². The lowest BCUT2D eigenvalue weighted by molar-refractivity contribution is 0.0503. The third-order valence-electron chi connectivity index (χ3n) is 2.64. The van der Waals surface area contributed by atoms with Crippen molar-refractivity contribution < 1.29 is 14.3 Å². The van der Waals surface area contributed by atoms with Gasteiger partial charge < -0.3 is 10.1 Å². The number of hydrogen-bond acceptors (Lipinski definition) is 4. The highest BCUT2D eigenvalue weighted by molar-refractivity contribution is 6.30. The molecule has 1 aromatic carbocycles. The molecule has 1 amide bonds. The molecule has 0 radical (unpaired) electrons. The summed E-state index contributed by atoms with van der Waals surface area (Å²) in [6.45, 7) is 0.332. The van der Waals surface area contributed by atoms with Crippen molar-refractivity contribution in [2.75, 3.05) is 13.2 Å². The van der Waals surface area contributed by atoms with Crippen molar-refractivity contribution >= 4 is 23.5 Å². The van der Waals surface area contributed by atoms with E-state index in [9.17, 15) is 9.59 Å². The first-order valence-corrected chi connectivity index (χ1v) is 6.65. The summed E-state index contributed by atoms with van der Waals surface area (Å²) < 4.78 is 5.05. The molecule has 0 bridgehead atoms. The topological polar surface area (TPSA) is 68.3 Å². The summed E-state index contributed by atoms with van der Waals surface area (Å²) in [6, 6.07) is 9.61. The Morgan fingerprint density at radius 3 is 2.38 bits per heavy atom. The van der Waals surface area contributed by atoms with E-state index < -0.39 is 5.97 Å². The first-order chi connectivity index (χ1) is 10.2. The van der Waals surface area contributed by atoms with Gasteiger partial charge in [0.1, 0.15) is 6.61 Å². The lowest BCUT2D eigenvalue weighted by Gasteiger charge is -2.06. The summed E-state index contributed by atoms with van der Waals surface area (Å²) in [5.41, 5.74) is 0.925. The smallest absolute Gasteiger partial charge is 0.338 e. The third kappa shape index (κ3) is 4.57. The van der Waals surface area contributed by atoms with Crippen molar-refractivity contribution in [3.63, 3.8) is 0 Å². The predicted molar refractivity (Wildman–Crippen MR) is 78.3 cm³/mol. The van der Waals surface area contributed by atoms with Crippen LogP contribution < -0.4 is 5.32 Å². The van der Waals surface area contributed by atoms with Gasteiger partial charge in [0.25, 0.3) is 5.91 Å². The molecule has 0 saturated carbocycles. The summed E-state index contributed by atoms with van der Waals surface area (Å²) in [5, 5.41) is 3.20.